The molecule has 0 aromatic heterocycles. The second-order valence-corrected chi connectivity index (χ2v) is 2.70. The molecule has 0 aliphatic rings. The lowest BCUT2D eigenvalue weighted by atomic mass is 10.2. The summed E-state index contributed by atoms with van der Waals surface area (Å²) < 4.78 is 4.49. The summed E-state index contributed by atoms with van der Waals surface area (Å²) in [5.74, 6) is -0.362. The van der Waals surface area contributed by atoms with Gasteiger partial charge in [-0.25, -0.2) is 9.67 Å². The molecule has 2 N–H and O–H groups in total. The fourth-order valence-corrected chi connectivity index (χ4v) is 1.06. The van der Waals surface area contributed by atoms with Crippen LogP contribution in [0.5, 0.6) is 0 Å². The summed E-state index contributed by atoms with van der Waals surface area (Å²) >= 11 is 10.5. The Labute approximate surface area is 81.8 Å². The summed E-state index contributed by atoms with van der Waals surface area (Å²) in [7, 11) is 1.32. The fraction of sp³-hybridized carbons (Fsp3) is 0.833. The molecule has 4 nitrogen and oxygen atoms in total. The van der Waals surface area contributed by atoms with Gasteiger partial charge in [0.2, 0.25) is 0 Å². The van der Waals surface area contributed by atoms with Crippen molar-refractivity contribution in [2.45, 2.75) is 18.9 Å². The van der Waals surface area contributed by atoms with E-state index in [1.54, 1.807) is 0 Å². The predicted octanol–water partition coefficient (Wildman–Crippen LogP) is 0.795. The highest BCUT2D eigenvalue weighted by molar-refractivity contribution is 6.14. The molecule has 6 heteroatoms. The van der Waals surface area contributed by atoms with E-state index in [0.717, 1.165) is 6.42 Å². The van der Waals surface area contributed by atoms with E-state index < -0.39 is 6.04 Å². The SMILES string of the molecule is COC(=O)C(CCCNCl)NCl. The molecule has 0 bridgehead atoms. The van der Waals surface area contributed by atoms with Crippen LogP contribution in [0.25, 0.3) is 0 Å². The summed E-state index contributed by atoms with van der Waals surface area (Å²) in [4.78, 5) is 15.7. The van der Waals surface area contributed by atoms with Crippen molar-refractivity contribution < 1.29 is 9.53 Å². The molecule has 0 radical (unpaired) electrons. The Morgan fingerprint density at radius 3 is 2.67 bits per heavy atom. The Bertz CT molecular complexity index is 135. The number of hydrogen-bond donors (Lipinski definition) is 2. The normalized spacial score (nSPS) is 12.6. The average molecular weight is 215 g/mol. The molecule has 0 aromatic rings. The second-order valence-electron chi connectivity index (χ2n) is 2.21. The lowest BCUT2D eigenvalue weighted by Gasteiger charge is -2.10. The molecule has 0 aliphatic heterocycles. The van der Waals surface area contributed by atoms with Crippen LogP contribution in [0.4, 0.5) is 0 Å². The van der Waals surface area contributed by atoms with Gasteiger partial charge in [0, 0.05) is 6.54 Å². The summed E-state index contributed by atoms with van der Waals surface area (Å²) in [6.45, 7) is 0.633. The molecule has 1 atom stereocenters. The van der Waals surface area contributed by atoms with E-state index >= 15 is 0 Å². The van der Waals surface area contributed by atoms with E-state index in [9.17, 15) is 4.79 Å². The molecule has 0 amide bonds. The molecular weight excluding hydrogens is 203 g/mol. The number of ether oxygens (including phenoxy) is 1. The maximum Gasteiger partial charge on any atom is 0.324 e. The second kappa shape index (κ2) is 7.61. The highest BCUT2D eigenvalue weighted by Crippen LogP contribution is 1.99. The van der Waals surface area contributed by atoms with Crippen LogP contribution in [0.15, 0.2) is 0 Å². The molecular formula is C6H12Cl2N2O2. The van der Waals surface area contributed by atoms with Crippen LogP contribution in [-0.4, -0.2) is 25.7 Å². The maximum atomic E-state index is 10.9. The third-order valence-corrected chi connectivity index (χ3v) is 1.83. The van der Waals surface area contributed by atoms with E-state index in [2.05, 4.69) is 14.4 Å². The van der Waals surface area contributed by atoms with Crippen LogP contribution in [0, 0.1) is 0 Å². The molecule has 12 heavy (non-hydrogen) atoms. The molecule has 0 aliphatic carbocycles. The number of carbonyl (C=O) groups excluding carboxylic acids is 1. The first kappa shape index (κ1) is 12.0. The average Bonchev–Trinajstić information content (AvgIpc) is 2.11. The van der Waals surface area contributed by atoms with E-state index in [1.165, 1.54) is 7.11 Å². The smallest absolute Gasteiger partial charge is 0.324 e. The minimum atomic E-state index is -0.457. The lowest BCUT2D eigenvalue weighted by Crippen LogP contribution is -2.32. The number of halogens is 2. The van der Waals surface area contributed by atoms with Gasteiger partial charge in [0.25, 0.3) is 0 Å². The molecule has 0 aromatic carbocycles. The Hall–Kier alpha value is -0.0300. The zero-order valence-electron chi connectivity index (χ0n) is 6.77. The van der Waals surface area contributed by atoms with E-state index in [-0.39, 0.29) is 5.97 Å². The van der Waals surface area contributed by atoms with Crippen LogP contribution in [0.2, 0.25) is 0 Å². The Balaban J connectivity index is 3.60. The summed E-state index contributed by atoms with van der Waals surface area (Å²) in [6.07, 6.45) is 1.35. The van der Waals surface area contributed by atoms with Gasteiger partial charge in [0.1, 0.15) is 6.04 Å². The van der Waals surface area contributed by atoms with Crippen LogP contribution >= 0.6 is 23.6 Å². The number of rotatable bonds is 6. The molecule has 0 saturated carbocycles. The summed E-state index contributed by atoms with van der Waals surface area (Å²) in [5, 5.41) is 0. The van der Waals surface area contributed by atoms with Gasteiger partial charge in [-0.1, -0.05) is 0 Å². The van der Waals surface area contributed by atoms with Gasteiger partial charge < -0.3 is 4.74 Å². The number of hydrogen-bond acceptors (Lipinski definition) is 4. The standard InChI is InChI=1S/C6H12Cl2N2O2/c1-12-6(11)5(10-8)3-2-4-9-7/h5,9-10H,2-4H2,1H3. The van der Waals surface area contributed by atoms with Gasteiger partial charge in [-0.3, -0.25) is 4.79 Å². The van der Waals surface area contributed by atoms with Crippen molar-refractivity contribution in [3.63, 3.8) is 0 Å². The quantitative estimate of drug-likeness (QED) is 0.391. The van der Waals surface area contributed by atoms with Crippen LogP contribution in [0.1, 0.15) is 12.8 Å². The first-order valence-corrected chi connectivity index (χ1v) is 4.29. The first-order valence-electron chi connectivity index (χ1n) is 3.53. The van der Waals surface area contributed by atoms with Crippen molar-refractivity contribution in [1.82, 2.24) is 9.67 Å². The van der Waals surface area contributed by atoms with E-state index in [1.807, 2.05) is 0 Å². The number of carbonyl (C=O) groups is 1. The third kappa shape index (κ3) is 4.77. The monoisotopic (exact) mass is 214 g/mol. The van der Waals surface area contributed by atoms with Gasteiger partial charge >= 0.3 is 5.97 Å². The van der Waals surface area contributed by atoms with Crippen LogP contribution < -0.4 is 9.67 Å². The minimum absolute atomic E-state index is 0.362. The molecule has 0 spiro atoms. The predicted molar refractivity (Wildman–Crippen MR) is 47.9 cm³/mol. The molecule has 1 unspecified atom stereocenters. The van der Waals surface area contributed by atoms with Gasteiger partial charge in [0.15, 0.2) is 0 Å². The van der Waals surface area contributed by atoms with Crippen LogP contribution in [0.3, 0.4) is 0 Å². The minimum Gasteiger partial charge on any atom is -0.468 e. The molecule has 72 valence electrons. The highest BCUT2D eigenvalue weighted by atomic mass is 35.5. The van der Waals surface area contributed by atoms with E-state index in [4.69, 9.17) is 23.6 Å². The topological polar surface area (TPSA) is 50.4 Å². The molecule has 0 rings (SSSR count). The summed E-state index contributed by atoms with van der Waals surface area (Å²) in [5.41, 5.74) is 0. The number of esters is 1. The fourth-order valence-electron chi connectivity index (χ4n) is 0.732. The molecule has 0 saturated heterocycles. The van der Waals surface area contributed by atoms with Crippen molar-refractivity contribution in [3.8, 4) is 0 Å². The summed E-state index contributed by atoms with van der Waals surface area (Å²) in [6, 6.07) is -0.457. The van der Waals surface area contributed by atoms with Gasteiger partial charge in [-0.05, 0) is 36.4 Å². The Morgan fingerprint density at radius 1 is 1.58 bits per heavy atom. The van der Waals surface area contributed by atoms with Crippen molar-refractivity contribution in [2.24, 2.45) is 0 Å². The van der Waals surface area contributed by atoms with Crippen molar-refractivity contribution in [2.75, 3.05) is 13.7 Å². The first-order chi connectivity index (χ1) is 5.76. The lowest BCUT2D eigenvalue weighted by molar-refractivity contribution is -0.142. The maximum absolute atomic E-state index is 10.9. The largest absolute Gasteiger partial charge is 0.468 e. The third-order valence-electron chi connectivity index (χ3n) is 1.38. The van der Waals surface area contributed by atoms with Crippen LogP contribution in [-0.2, 0) is 9.53 Å². The Kier molecular flexibility index (Phi) is 7.59. The van der Waals surface area contributed by atoms with Crippen molar-refractivity contribution in [3.05, 3.63) is 0 Å². The van der Waals surface area contributed by atoms with E-state index in [0.29, 0.717) is 13.0 Å². The number of methoxy groups -OCH3 is 1. The van der Waals surface area contributed by atoms with Gasteiger partial charge in [-0.2, -0.15) is 0 Å². The Morgan fingerprint density at radius 2 is 2.25 bits per heavy atom. The highest BCUT2D eigenvalue weighted by Gasteiger charge is 2.16. The van der Waals surface area contributed by atoms with Crippen molar-refractivity contribution in [1.29, 1.82) is 0 Å². The zero-order valence-corrected chi connectivity index (χ0v) is 8.28. The van der Waals surface area contributed by atoms with Gasteiger partial charge in [0.05, 0.1) is 7.11 Å². The molecule has 0 heterocycles. The van der Waals surface area contributed by atoms with Crippen molar-refractivity contribution >= 4 is 29.5 Å². The number of nitrogens with one attached hydrogen (secondary N) is 2. The molecule has 0 fully saturated rings. The zero-order chi connectivity index (χ0) is 9.40. The van der Waals surface area contributed by atoms with Gasteiger partial charge in [-0.15, -0.1) is 0 Å².